The van der Waals surface area contributed by atoms with E-state index in [2.05, 4.69) is 17.2 Å². The van der Waals surface area contributed by atoms with Crippen LogP contribution in [0.3, 0.4) is 0 Å². The molecule has 94 valence electrons. The van der Waals surface area contributed by atoms with Gasteiger partial charge in [-0.15, -0.1) is 11.3 Å². The number of carbonyl (C=O) groups excluding carboxylic acids is 1. The summed E-state index contributed by atoms with van der Waals surface area (Å²) in [5, 5.41) is 4.49. The fourth-order valence-electron chi connectivity index (χ4n) is 2.30. The van der Waals surface area contributed by atoms with Gasteiger partial charge in [0.05, 0.1) is 16.7 Å². The SMILES string of the molecule is Cc1nc(C)c(C(C)NC2CCN(C)C2=O)s1. The first kappa shape index (κ1) is 12.5. The molecular formula is C12H19N3OS. The van der Waals surface area contributed by atoms with E-state index in [4.69, 9.17) is 0 Å². The average Bonchev–Trinajstić information content (AvgIpc) is 2.75. The first-order chi connectivity index (χ1) is 7.99. The lowest BCUT2D eigenvalue weighted by atomic mass is 10.2. The number of carbonyl (C=O) groups is 1. The Hall–Kier alpha value is -0.940. The Morgan fingerprint density at radius 3 is 2.71 bits per heavy atom. The predicted molar refractivity (Wildman–Crippen MR) is 69.2 cm³/mol. The van der Waals surface area contributed by atoms with Crippen molar-refractivity contribution in [3.8, 4) is 0 Å². The lowest BCUT2D eigenvalue weighted by Crippen LogP contribution is -2.38. The van der Waals surface area contributed by atoms with Crippen molar-refractivity contribution in [1.29, 1.82) is 0 Å². The van der Waals surface area contributed by atoms with Crippen molar-refractivity contribution in [2.75, 3.05) is 13.6 Å². The molecule has 1 fully saturated rings. The normalized spacial score (nSPS) is 22.2. The van der Waals surface area contributed by atoms with Crippen LogP contribution in [-0.2, 0) is 4.79 Å². The van der Waals surface area contributed by atoms with Crippen molar-refractivity contribution >= 4 is 17.2 Å². The first-order valence-corrected chi connectivity index (χ1v) is 6.75. The minimum Gasteiger partial charge on any atom is -0.344 e. The van der Waals surface area contributed by atoms with Crippen LogP contribution in [0.4, 0.5) is 0 Å². The topological polar surface area (TPSA) is 45.2 Å². The molecule has 1 saturated heterocycles. The fraction of sp³-hybridized carbons (Fsp3) is 0.667. The number of nitrogens with zero attached hydrogens (tertiary/aromatic N) is 2. The second-order valence-corrected chi connectivity index (χ2v) is 5.91. The van der Waals surface area contributed by atoms with E-state index in [9.17, 15) is 4.79 Å². The van der Waals surface area contributed by atoms with Crippen LogP contribution < -0.4 is 5.32 Å². The number of likely N-dealkylation sites (tertiary alicyclic amines) is 1. The Kier molecular flexibility index (Phi) is 3.49. The summed E-state index contributed by atoms with van der Waals surface area (Å²) in [5.41, 5.74) is 1.08. The number of rotatable bonds is 3. The van der Waals surface area contributed by atoms with Gasteiger partial charge in [0.25, 0.3) is 0 Å². The molecule has 0 spiro atoms. The summed E-state index contributed by atoms with van der Waals surface area (Å²) in [4.78, 5) is 19.3. The smallest absolute Gasteiger partial charge is 0.239 e. The van der Waals surface area contributed by atoms with E-state index in [-0.39, 0.29) is 18.0 Å². The lowest BCUT2D eigenvalue weighted by molar-refractivity contribution is -0.128. The Balaban J connectivity index is 2.05. The summed E-state index contributed by atoms with van der Waals surface area (Å²) < 4.78 is 0. The molecule has 2 rings (SSSR count). The molecule has 4 nitrogen and oxygen atoms in total. The summed E-state index contributed by atoms with van der Waals surface area (Å²) in [6.07, 6.45) is 0.899. The molecule has 2 atom stereocenters. The van der Waals surface area contributed by atoms with E-state index in [1.54, 1.807) is 16.2 Å². The number of thiazole rings is 1. The number of hydrogen-bond acceptors (Lipinski definition) is 4. The molecule has 1 aromatic rings. The van der Waals surface area contributed by atoms with Gasteiger partial charge in [-0.3, -0.25) is 10.1 Å². The highest BCUT2D eigenvalue weighted by atomic mass is 32.1. The zero-order chi connectivity index (χ0) is 12.6. The van der Waals surface area contributed by atoms with Gasteiger partial charge in [0.1, 0.15) is 0 Å². The van der Waals surface area contributed by atoms with E-state index in [1.165, 1.54) is 4.88 Å². The highest BCUT2D eigenvalue weighted by molar-refractivity contribution is 7.11. The molecule has 0 aliphatic carbocycles. The van der Waals surface area contributed by atoms with E-state index in [0.717, 1.165) is 23.7 Å². The van der Waals surface area contributed by atoms with Crippen LogP contribution in [-0.4, -0.2) is 35.4 Å². The monoisotopic (exact) mass is 253 g/mol. The largest absolute Gasteiger partial charge is 0.344 e. The molecule has 5 heteroatoms. The minimum atomic E-state index is -0.0307. The maximum Gasteiger partial charge on any atom is 0.239 e. The molecule has 0 aromatic carbocycles. The zero-order valence-electron chi connectivity index (χ0n) is 10.8. The average molecular weight is 253 g/mol. The number of aryl methyl sites for hydroxylation is 2. The van der Waals surface area contributed by atoms with Crippen molar-refractivity contribution in [1.82, 2.24) is 15.2 Å². The van der Waals surface area contributed by atoms with Crippen LogP contribution in [0.2, 0.25) is 0 Å². The van der Waals surface area contributed by atoms with Crippen LogP contribution in [0.1, 0.15) is 35.0 Å². The van der Waals surface area contributed by atoms with Crippen molar-refractivity contribution in [3.63, 3.8) is 0 Å². The van der Waals surface area contributed by atoms with Crippen molar-refractivity contribution in [2.45, 2.75) is 39.3 Å². The third-order valence-corrected chi connectivity index (χ3v) is 4.47. The third-order valence-electron chi connectivity index (χ3n) is 3.21. The van der Waals surface area contributed by atoms with Gasteiger partial charge < -0.3 is 4.90 Å². The molecule has 1 N–H and O–H groups in total. The number of nitrogens with one attached hydrogen (secondary N) is 1. The van der Waals surface area contributed by atoms with Gasteiger partial charge in [-0.25, -0.2) is 4.98 Å². The minimum absolute atomic E-state index is 0.0307. The first-order valence-electron chi connectivity index (χ1n) is 5.94. The van der Waals surface area contributed by atoms with E-state index < -0.39 is 0 Å². The Morgan fingerprint density at radius 2 is 2.24 bits per heavy atom. The molecule has 0 saturated carbocycles. The van der Waals surface area contributed by atoms with E-state index in [1.807, 2.05) is 20.9 Å². The molecule has 1 amide bonds. The molecular weight excluding hydrogens is 234 g/mol. The maximum atomic E-state index is 11.8. The standard InChI is InChI=1S/C12H19N3OS/c1-7-11(17-9(3)13-7)8(2)14-10-5-6-15(4)12(10)16/h8,10,14H,5-6H2,1-4H3. The lowest BCUT2D eigenvalue weighted by Gasteiger charge is -2.17. The fourth-order valence-corrected chi connectivity index (χ4v) is 3.24. The van der Waals surface area contributed by atoms with Gasteiger partial charge in [-0.05, 0) is 27.2 Å². The molecule has 0 radical (unpaired) electrons. The quantitative estimate of drug-likeness (QED) is 0.890. The van der Waals surface area contributed by atoms with E-state index >= 15 is 0 Å². The second kappa shape index (κ2) is 4.74. The molecule has 2 unspecified atom stereocenters. The van der Waals surface area contributed by atoms with Crippen LogP contribution in [0.25, 0.3) is 0 Å². The summed E-state index contributed by atoms with van der Waals surface area (Å²) >= 11 is 1.71. The Bertz CT molecular complexity index is 429. The van der Waals surface area contributed by atoms with Gasteiger partial charge in [0.15, 0.2) is 0 Å². The van der Waals surface area contributed by atoms with Crippen LogP contribution in [0.15, 0.2) is 0 Å². The number of aromatic nitrogens is 1. The van der Waals surface area contributed by atoms with Crippen LogP contribution in [0.5, 0.6) is 0 Å². The summed E-state index contributed by atoms with van der Waals surface area (Å²) in [5.74, 6) is 0.204. The third kappa shape index (κ3) is 2.50. The summed E-state index contributed by atoms with van der Waals surface area (Å²) in [6, 6.07) is 0.165. The molecule has 0 bridgehead atoms. The molecule has 17 heavy (non-hydrogen) atoms. The number of amides is 1. The maximum absolute atomic E-state index is 11.8. The second-order valence-electron chi connectivity index (χ2n) is 4.67. The summed E-state index contributed by atoms with van der Waals surface area (Å²) in [7, 11) is 1.86. The van der Waals surface area contributed by atoms with Gasteiger partial charge in [0, 0.05) is 24.5 Å². The molecule has 1 aromatic heterocycles. The molecule has 1 aliphatic rings. The van der Waals surface area contributed by atoms with Crippen molar-refractivity contribution in [3.05, 3.63) is 15.6 Å². The van der Waals surface area contributed by atoms with Crippen LogP contribution >= 0.6 is 11.3 Å². The zero-order valence-corrected chi connectivity index (χ0v) is 11.6. The Morgan fingerprint density at radius 1 is 1.53 bits per heavy atom. The number of hydrogen-bond donors (Lipinski definition) is 1. The van der Waals surface area contributed by atoms with Crippen LogP contribution in [0, 0.1) is 13.8 Å². The van der Waals surface area contributed by atoms with E-state index in [0.29, 0.717) is 0 Å². The van der Waals surface area contributed by atoms with Gasteiger partial charge >= 0.3 is 0 Å². The summed E-state index contributed by atoms with van der Waals surface area (Å²) in [6.45, 7) is 7.00. The Labute approximate surface area is 106 Å². The highest BCUT2D eigenvalue weighted by Gasteiger charge is 2.30. The molecule has 2 heterocycles. The van der Waals surface area contributed by atoms with Gasteiger partial charge in [-0.2, -0.15) is 0 Å². The van der Waals surface area contributed by atoms with Gasteiger partial charge in [0.2, 0.25) is 5.91 Å². The molecule has 1 aliphatic heterocycles. The predicted octanol–water partition coefficient (Wildman–Crippen LogP) is 1.64. The highest BCUT2D eigenvalue weighted by Crippen LogP contribution is 2.25. The van der Waals surface area contributed by atoms with Gasteiger partial charge in [-0.1, -0.05) is 0 Å². The number of likely N-dealkylation sites (N-methyl/N-ethyl adjacent to an activating group) is 1. The van der Waals surface area contributed by atoms with Crippen molar-refractivity contribution < 1.29 is 4.79 Å². The van der Waals surface area contributed by atoms with Crippen molar-refractivity contribution in [2.24, 2.45) is 0 Å².